The molecule has 0 saturated carbocycles. The Morgan fingerprint density at radius 1 is 1.42 bits per heavy atom. The zero-order valence-corrected chi connectivity index (χ0v) is 9.34. The first-order valence-electron chi connectivity index (χ1n) is 4.96. The lowest BCUT2D eigenvalue weighted by Gasteiger charge is -2.17. The van der Waals surface area contributed by atoms with Gasteiger partial charge in [-0.15, -0.1) is 0 Å². The van der Waals surface area contributed by atoms with Crippen LogP contribution in [-0.4, -0.2) is 16.1 Å². The van der Waals surface area contributed by atoms with Gasteiger partial charge in [-0.2, -0.15) is 13.2 Å². The minimum absolute atomic E-state index is 0.306. The molecular weight excluding hydrogens is 275 g/mol. The lowest BCUT2D eigenvalue weighted by molar-refractivity contribution is -0.142. The number of pyridine rings is 1. The molecule has 0 bridgehead atoms. The van der Waals surface area contributed by atoms with E-state index >= 15 is 0 Å². The summed E-state index contributed by atoms with van der Waals surface area (Å²) in [5.41, 5.74) is 1.17. The number of carboxylic acids is 1. The molecule has 1 aromatic rings. The van der Waals surface area contributed by atoms with Crippen molar-refractivity contribution in [1.29, 1.82) is 0 Å². The molecule has 1 aromatic heterocycles. The Morgan fingerprint density at radius 2 is 2.00 bits per heavy atom. The highest BCUT2D eigenvalue weighted by molar-refractivity contribution is 5.71. The molecule has 0 amide bonds. The topological polar surface area (TPSA) is 76.2 Å². The van der Waals surface area contributed by atoms with Crippen LogP contribution in [0.5, 0.6) is 0 Å². The zero-order chi connectivity index (χ0) is 14.8. The van der Waals surface area contributed by atoms with Crippen molar-refractivity contribution in [2.75, 3.05) is 0 Å². The smallest absolute Gasteiger partial charge is 0.433 e. The standard InChI is InChI=1S/C10H9F5N2O2/c11-9(12)7-4(2-16)3-17-8(10(13,14)15)5(7)1-6(18)19/h3,9H,1-2,16H2,(H,18,19). The maximum atomic E-state index is 12.9. The molecule has 0 atom stereocenters. The Kier molecular flexibility index (Phi) is 4.40. The fourth-order valence-corrected chi connectivity index (χ4v) is 1.62. The van der Waals surface area contributed by atoms with Gasteiger partial charge in [-0.1, -0.05) is 0 Å². The van der Waals surface area contributed by atoms with E-state index in [-0.39, 0.29) is 5.56 Å². The summed E-state index contributed by atoms with van der Waals surface area (Å²) in [4.78, 5) is 13.6. The van der Waals surface area contributed by atoms with Crippen LogP contribution in [0.3, 0.4) is 0 Å². The maximum Gasteiger partial charge on any atom is 0.433 e. The molecule has 3 N–H and O–H groups in total. The molecule has 4 nitrogen and oxygen atoms in total. The summed E-state index contributed by atoms with van der Waals surface area (Å²) in [5.74, 6) is -1.66. The highest BCUT2D eigenvalue weighted by Crippen LogP contribution is 2.36. The predicted molar refractivity (Wildman–Crippen MR) is 53.4 cm³/mol. The second kappa shape index (κ2) is 5.47. The minimum atomic E-state index is -5.01. The van der Waals surface area contributed by atoms with Crippen molar-refractivity contribution < 1.29 is 31.9 Å². The van der Waals surface area contributed by atoms with E-state index in [0.29, 0.717) is 6.20 Å². The average molecular weight is 284 g/mol. The molecule has 0 fully saturated rings. The van der Waals surface area contributed by atoms with Crippen molar-refractivity contribution in [2.45, 2.75) is 25.6 Å². The number of alkyl halides is 5. The quantitative estimate of drug-likeness (QED) is 0.830. The minimum Gasteiger partial charge on any atom is -0.481 e. The SMILES string of the molecule is NCc1cnc(C(F)(F)F)c(CC(=O)O)c1C(F)F. The first-order chi connectivity index (χ1) is 8.68. The number of aliphatic carboxylic acids is 1. The molecule has 0 saturated heterocycles. The number of nitrogens with zero attached hydrogens (tertiary/aromatic N) is 1. The molecule has 1 rings (SSSR count). The van der Waals surface area contributed by atoms with Gasteiger partial charge in [0.25, 0.3) is 6.43 Å². The van der Waals surface area contributed by atoms with E-state index in [1.54, 1.807) is 0 Å². The fraction of sp³-hybridized carbons (Fsp3) is 0.400. The Morgan fingerprint density at radius 3 is 2.37 bits per heavy atom. The summed E-state index contributed by atoms with van der Waals surface area (Å²) in [5, 5.41) is 8.56. The third-order valence-electron chi connectivity index (χ3n) is 2.34. The molecule has 0 spiro atoms. The third kappa shape index (κ3) is 3.37. The monoisotopic (exact) mass is 284 g/mol. The summed E-state index contributed by atoms with van der Waals surface area (Å²) in [6.45, 7) is -0.461. The van der Waals surface area contributed by atoms with Crippen LogP contribution < -0.4 is 5.73 Å². The molecule has 0 aliphatic heterocycles. The highest BCUT2D eigenvalue weighted by Gasteiger charge is 2.38. The predicted octanol–water partition coefficient (Wildman–Crippen LogP) is 2.12. The summed E-state index contributed by atoms with van der Waals surface area (Å²) >= 11 is 0. The summed E-state index contributed by atoms with van der Waals surface area (Å²) < 4.78 is 63.6. The van der Waals surface area contributed by atoms with E-state index in [1.165, 1.54) is 0 Å². The number of hydrogen-bond donors (Lipinski definition) is 2. The fourth-order valence-electron chi connectivity index (χ4n) is 1.62. The van der Waals surface area contributed by atoms with E-state index in [1.807, 2.05) is 0 Å². The van der Waals surface area contributed by atoms with Crippen LogP contribution in [0, 0.1) is 0 Å². The van der Waals surface area contributed by atoms with Crippen LogP contribution >= 0.6 is 0 Å². The summed E-state index contributed by atoms with van der Waals surface area (Å²) in [6.07, 6.45) is -8.89. The van der Waals surface area contributed by atoms with Gasteiger partial charge >= 0.3 is 12.1 Å². The normalized spacial score (nSPS) is 11.9. The molecule has 0 unspecified atom stereocenters. The van der Waals surface area contributed by atoms with Gasteiger partial charge in [-0.3, -0.25) is 9.78 Å². The van der Waals surface area contributed by atoms with Crippen molar-refractivity contribution in [2.24, 2.45) is 5.73 Å². The van der Waals surface area contributed by atoms with Crippen LogP contribution in [0.1, 0.15) is 28.8 Å². The highest BCUT2D eigenvalue weighted by atomic mass is 19.4. The van der Waals surface area contributed by atoms with E-state index in [4.69, 9.17) is 10.8 Å². The van der Waals surface area contributed by atoms with E-state index < -0.39 is 48.4 Å². The molecule has 9 heteroatoms. The molecule has 19 heavy (non-hydrogen) atoms. The molecule has 0 aromatic carbocycles. The van der Waals surface area contributed by atoms with Gasteiger partial charge in [0.05, 0.1) is 6.42 Å². The molecule has 106 valence electrons. The van der Waals surface area contributed by atoms with E-state index in [2.05, 4.69) is 4.98 Å². The van der Waals surface area contributed by atoms with Crippen molar-refractivity contribution >= 4 is 5.97 Å². The summed E-state index contributed by atoms with van der Waals surface area (Å²) in [6, 6.07) is 0. The first kappa shape index (κ1) is 15.3. The lowest BCUT2D eigenvalue weighted by Crippen LogP contribution is -2.19. The third-order valence-corrected chi connectivity index (χ3v) is 2.34. The molecule has 0 aliphatic rings. The number of carboxylic acid groups (broad SMARTS) is 1. The number of aromatic nitrogens is 1. The van der Waals surface area contributed by atoms with Crippen LogP contribution in [0.2, 0.25) is 0 Å². The van der Waals surface area contributed by atoms with Gasteiger partial charge in [0.2, 0.25) is 0 Å². The number of carbonyl (C=O) groups is 1. The van der Waals surface area contributed by atoms with Gasteiger partial charge in [0.15, 0.2) is 0 Å². The number of rotatable bonds is 4. The number of nitrogens with two attached hydrogens (primary N) is 1. The van der Waals surface area contributed by atoms with Crippen molar-refractivity contribution in [1.82, 2.24) is 4.98 Å². The first-order valence-corrected chi connectivity index (χ1v) is 4.96. The largest absolute Gasteiger partial charge is 0.481 e. The van der Waals surface area contributed by atoms with Gasteiger partial charge in [-0.25, -0.2) is 8.78 Å². The number of hydrogen-bond acceptors (Lipinski definition) is 3. The van der Waals surface area contributed by atoms with Gasteiger partial charge in [0, 0.05) is 23.9 Å². The van der Waals surface area contributed by atoms with Gasteiger partial charge in [-0.05, 0) is 5.56 Å². The average Bonchev–Trinajstić information content (AvgIpc) is 2.25. The van der Waals surface area contributed by atoms with Crippen molar-refractivity contribution in [3.8, 4) is 0 Å². The van der Waals surface area contributed by atoms with Crippen molar-refractivity contribution in [3.05, 3.63) is 28.6 Å². The Bertz CT molecular complexity index is 488. The zero-order valence-electron chi connectivity index (χ0n) is 9.34. The Hall–Kier alpha value is -1.77. The second-order valence-electron chi connectivity index (χ2n) is 3.60. The van der Waals surface area contributed by atoms with E-state index in [9.17, 15) is 26.7 Å². The Labute approximate surface area is 104 Å². The van der Waals surface area contributed by atoms with Crippen LogP contribution in [-0.2, 0) is 23.9 Å². The van der Waals surface area contributed by atoms with Gasteiger partial charge in [0.1, 0.15) is 5.69 Å². The molecule has 0 aliphatic carbocycles. The van der Waals surface area contributed by atoms with Crippen molar-refractivity contribution in [3.63, 3.8) is 0 Å². The van der Waals surface area contributed by atoms with Crippen LogP contribution in [0.15, 0.2) is 6.20 Å². The maximum absolute atomic E-state index is 12.9. The second-order valence-corrected chi connectivity index (χ2v) is 3.60. The number of halogens is 5. The van der Waals surface area contributed by atoms with Crippen LogP contribution in [0.25, 0.3) is 0 Å². The van der Waals surface area contributed by atoms with Crippen LogP contribution in [0.4, 0.5) is 22.0 Å². The molecular formula is C10H9F5N2O2. The van der Waals surface area contributed by atoms with Gasteiger partial charge < -0.3 is 10.8 Å². The molecule has 1 heterocycles. The lowest BCUT2D eigenvalue weighted by atomic mass is 9.98. The molecule has 0 radical (unpaired) electrons. The Balaban J connectivity index is 3.58. The summed E-state index contributed by atoms with van der Waals surface area (Å²) in [7, 11) is 0. The van der Waals surface area contributed by atoms with E-state index in [0.717, 1.165) is 0 Å².